The topological polar surface area (TPSA) is 98.7 Å². The van der Waals surface area contributed by atoms with E-state index in [4.69, 9.17) is 12.2 Å². The highest BCUT2D eigenvalue weighted by Gasteiger charge is 2.31. The summed E-state index contributed by atoms with van der Waals surface area (Å²) in [7, 11) is 0. The van der Waals surface area contributed by atoms with Gasteiger partial charge in [0.15, 0.2) is 0 Å². The van der Waals surface area contributed by atoms with Gasteiger partial charge in [0, 0.05) is 18.5 Å². The van der Waals surface area contributed by atoms with Crippen molar-refractivity contribution in [2.24, 2.45) is 0 Å². The van der Waals surface area contributed by atoms with E-state index in [0.717, 1.165) is 11.1 Å². The van der Waals surface area contributed by atoms with E-state index >= 15 is 0 Å². The van der Waals surface area contributed by atoms with Crippen LogP contribution < -0.4 is 10.9 Å². The van der Waals surface area contributed by atoms with Crippen LogP contribution in [-0.2, 0) is 9.59 Å². The number of aromatic hydroxyl groups is 1. The minimum atomic E-state index is -0.539. The predicted octanol–water partition coefficient (Wildman–Crippen LogP) is 3.14. The number of thiocarbonyl (C=S) groups is 1. The SMILES string of the molecule is Cc1ccc(/C=C2/SC(=S)N(CCCC(=O)NNC(=O)c3cccc(O)c3)C2=O)cc1. The first-order valence-electron chi connectivity index (χ1n) is 9.54. The molecule has 3 rings (SSSR count). The summed E-state index contributed by atoms with van der Waals surface area (Å²) in [5, 5.41) is 9.40. The minimum Gasteiger partial charge on any atom is -0.508 e. The van der Waals surface area contributed by atoms with Crippen molar-refractivity contribution in [3.05, 3.63) is 70.1 Å². The number of nitrogens with zero attached hydrogens (tertiary/aromatic N) is 1. The molecule has 7 nitrogen and oxygen atoms in total. The molecule has 0 saturated carbocycles. The largest absolute Gasteiger partial charge is 0.508 e. The van der Waals surface area contributed by atoms with Crippen LogP contribution in [0.15, 0.2) is 53.4 Å². The second kappa shape index (κ2) is 10.2. The molecule has 0 aliphatic carbocycles. The van der Waals surface area contributed by atoms with Gasteiger partial charge in [0.2, 0.25) is 5.91 Å². The van der Waals surface area contributed by atoms with Gasteiger partial charge in [0.1, 0.15) is 10.1 Å². The molecule has 3 N–H and O–H groups in total. The fourth-order valence-electron chi connectivity index (χ4n) is 2.81. The number of thioether (sulfide) groups is 1. The van der Waals surface area contributed by atoms with Crippen LogP contribution >= 0.6 is 24.0 Å². The lowest BCUT2D eigenvalue weighted by Gasteiger charge is -2.14. The third-order valence-electron chi connectivity index (χ3n) is 4.46. The third kappa shape index (κ3) is 6.16. The molecule has 9 heteroatoms. The molecular formula is C22H21N3O4S2. The lowest BCUT2D eigenvalue weighted by molar-refractivity contribution is -0.124. The van der Waals surface area contributed by atoms with Gasteiger partial charge in [-0.25, -0.2) is 0 Å². The molecule has 0 bridgehead atoms. The number of amides is 3. The summed E-state index contributed by atoms with van der Waals surface area (Å²) in [6.07, 6.45) is 2.30. The Balaban J connectivity index is 1.46. The summed E-state index contributed by atoms with van der Waals surface area (Å²) >= 11 is 6.55. The second-order valence-corrected chi connectivity index (χ2v) is 8.58. The maximum Gasteiger partial charge on any atom is 0.269 e. The van der Waals surface area contributed by atoms with Crippen LogP contribution in [0, 0.1) is 6.92 Å². The Morgan fingerprint density at radius 1 is 1.16 bits per heavy atom. The number of hydrazine groups is 1. The Hall–Kier alpha value is -3.17. The number of nitrogens with one attached hydrogen (secondary N) is 2. The van der Waals surface area contributed by atoms with E-state index in [1.165, 1.54) is 40.9 Å². The molecule has 0 atom stereocenters. The molecule has 0 radical (unpaired) electrons. The maximum absolute atomic E-state index is 12.6. The predicted molar refractivity (Wildman–Crippen MR) is 124 cm³/mol. The number of carbonyl (C=O) groups excluding carboxylic acids is 3. The number of hydrogen-bond donors (Lipinski definition) is 3. The number of aryl methyl sites for hydroxylation is 1. The van der Waals surface area contributed by atoms with Gasteiger partial charge in [-0.1, -0.05) is 59.9 Å². The van der Waals surface area contributed by atoms with Crippen molar-refractivity contribution in [1.82, 2.24) is 15.8 Å². The zero-order valence-corrected chi connectivity index (χ0v) is 18.4. The fourth-order valence-corrected chi connectivity index (χ4v) is 4.12. The Labute approximate surface area is 189 Å². The Morgan fingerprint density at radius 2 is 1.90 bits per heavy atom. The number of phenolic OH excluding ortho intramolecular Hbond substituents is 1. The lowest BCUT2D eigenvalue weighted by Crippen LogP contribution is -2.41. The highest BCUT2D eigenvalue weighted by molar-refractivity contribution is 8.26. The normalized spacial score (nSPS) is 14.7. The smallest absolute Gasteiger partial charge is 0.269 e. The van der Waals surface area contributed by atoms with Crippen molar-refractivity contribution in [2.75, 3.05) is 6.54 Å². The molecule has 0 spiro atoms. The van der Waals surface area contributed by atoms with E-state index in [9.17, 15) is 19.5 Å². The van der Waals surface area contributed by atoms with E-state index in [1.54, 1.807) is 0 Å². The summed E-state index contributed by atoms with van der Waals surface area (Å²) in [6.45, 7) is 2.31. The van der Waals surface area contributed by atoms with Crippen LogP contribution in [0.2, 0.25) is 0 Å². The van der Waals surface area contributed by atoms with E-state index in [0.29, 0.717) is 22.2 Å². The van der Waals surface area contributed by atoms with Crippen LogP contribution in [0.5, 0.6) is 5.75 Å². The number of benzene rings is 2. The lowest BCUT2D eigenvalue weighted by atomic mass is 10.1. The van der Waals surface area contributed by atoms with Crippen molar-refractivity contribution in [3.63, 3.8) is 0 Å². The molecule has 1 fully saturated rings. The summed E-state index contributed by atoms with van der Waals surface area (Å²) in [6, 6.07) is 13.6. The molecule has 1 aliphatic heterocycles. The van der Waals surface area contributed by atoms with Gasteiger partial charge in [0.25, 0.3) is 11.8 Å². The van der Waals surface area contributed by atoms with Crippen LogP contribution in [0.3, 0.4) is 0 Å². The van der Waals surface area contributed by atoms with Crippen LogP contribution in [0.4, 0.5) is 0 Å². The van der Waals surface area contributed by atoms with Crippen LogP contribution in [0.25, 0.3) is 6.08 Å². The molecule has 31 heavy (non-hydrogen) atoms. The number of carbonyl (C=O) groups is 3. The minimum absolute atomic E-state index is 0.0427. The Morgan fingerprint density at radius 3 is 2.61 bits per heavy atom. The molecular weight excluding hydrogens is 434 g/mol. The van der Waals surface area contributed by atoms with Gasteiger partial charge in [-0.2, -0.15) is 0 Å². The van der Waals surface area contributed by atoms with Crippen LogP contribution in [0.1, 0.15) is 34.3 Å². The van der Waals surface area contributed by atoms with Crippen molar-refractivity contribution >= 4 is 52.1 Å². The molecule has 160 valence electrons. The average Bonchev–Trinajstić information content (AvgIpc) is 3.01. The molecule has 1 aliphatic rings. The Kier molecular flexibility index (Phi) is 7.43. The fraction of sp³-hybridized carbons (Fsp3) is 0.182. The average molecular weight is 456 g/mol. The monoisotopic (exact) mass is 455 g/mol. The quantitative estimate of drug-likeness (QED) is 0.352. The van der Waals surface area contributed by atoms with E-state index in [2.05, 4.69) is 10.9 Å². The number of phenols is 1. The number of rotatable bonds is 6. The van der Waals surface area contributed by atoms with E-state index < -0.39 is 11.8 Å². The second-order valence-electron chi connectivity index (χ2n) is 6.90. The molecule has 2 aromatic carbocycles. The first-order valence-corrected chi connectivity index (χ1v) is 10.8. The van der Waals surface area contributed by atoms with Crippen molar-refractivity contribution in [1.29, 1.82) is 0 Å². The van der Waals surface area contributed by atoms with Gasteiger partial charge in [-0.3, -0.25) is 30.1 Å². The summed E-state index contributed by atoms with van der Waals surface area (Å²) in [5.74, 6) is -1.15. The molecule has 0 aromatic heterocycles. The zero-order chi connectivity index (χ0) is 22.4. The summed E-state index contributed by atoms with van der Waals surface area (Å²) in [5.41, 5.74) is 6.90. The third-order valence-corrected chi connectivity index (χ3v) is 5.84. The molecule has 3 amide bonds. The van der Waals surface area contributed by atoms with Gasteiger partial charge in [-0.15, -0.1) is 0 Å². The number of hydrogen-bond acceptors (Lipinski definition) is 6. The molecule has 2 aromatic rings. The van der Waals surface area contributed by atoms with Gasteiger partial charge in [0.05, 0.1) is 4.91 Å². The van der Waals surface area contributed by atoms with Crippen molar-refractivity contribution in [2.45, 2.75) is 19.8 Å². The summed E-state index contributed by atoms with van der Waals surface area (Å²) < 4.78 is 0.459. The highest BCUT2D eigenvalue weighted by Crippen LogP contribution is 2.32. The Bertz CT molecular complexity index is 1050. The maximum atomic E-state index is 12.6. The zero-order valence-electron chi connectivity index (χ0n) is 16.8. The van der Waals surface area contributed by atoms with Gasteiger partial charge < -0.3 is 5.11 Å². The van der Waals surface area contributed by atoms with Crippen molar-refractivity contribution < 1.29 is 19.5 Å². The van der Waals surface area contributed by atoms with Gasteiger partial charge in [-0.05, 0) is 43.2 Å². The molecule has 0 unspecified atom stereocenters. The van der Waals surface area contributed by atoms with E-state index in [1.807, 2.05) is 37.3 Å². The first-order chi connectivity index (χ1) is 14.8. The van der Waals surface area contributed by atoms with E-state index in [-0.39, 0.29) is 23.6 Å². The van der Waals surface area contributed by atoms with Crippen LogP contribution in [-0.4, -0.2) is 38.6 Å². The van der Waals surface area contributed by atoms with Gasteiger partial charge >= 0.3 is 0 Å². The highest BCUT2D eigenvalue weighted by atomic mass is 32.2. The first kappa shape index (κ1) is 22.5. The molecule has 1 saturated heterocycles. The standard InChI is InChI=1S/C22H21N3O4S2/c1-14-7-9-15(10-8-14)12-18-21(29)25(22(30)31-18)11-3-6-19(27)23-24-20(28)16-4-2-5-17(26)13-16/h2,4-5,7-10,12-13,26H,3,6,11H2,1H3,(H,23,27)(H,24,28)/b18-12+. The summed E-state index contributed by atoms with van der Waals surface area (Å²) in [4.78, 5) is 38.6. The molecule has 1 heterocycles. The van der Waals surface area contributed by atoms with Crippen molar-refractivity contribution in [3.8, 4) is 5.75 Å².